The van der Waals surface area contributed by atoms with Crippen LogP contribution < -0.4 is 10.5 Å². The summed E-state index contributed by atoms with van der Waals surface area (Å²) in [6.07, 6.45) is -1.16. The number of Topliss-reactive ketones (excluding diaryl/α,β-unsaturated/α-hetero) is 1. The molecule has 0 bridgehead atoms. The maximum atomic E-state index is 12.2. The number of ether oxygens (including phenoxy) is 1. The Morgan fingerprint density at radius 1 is 1.13 bits per heavy atom. The maximum Gasteiger partial charge on any atom is 0.324 e. The van der Waals surface area contributed by atoms with Crippen molar-refractivity contribution in [2.45, 2.75) is 37.8 Å². The zero-order valence-corrected chi connectivity index (χ0v) is 13.7. The van der Waals surface area contributed by atoms with Crippen molar-refractivity contribution in [1.29, 1.82) is 0 Å². The van der Waals surface area contributed by atoms with Gasteiger partial charge in [0.2, 0.25) is 10.0 Å². The number of hydrogen-bond donors (Lipinski definition) is 2. The Bertz CT molecular complexity index is 711. The monoisotopic (exact) mass is 342 g/mol. The summed E-state index contributed by atoms with van der Waals surface area (Å²) in [7, 11) is -3.98. The van der Waals surface area contributed by atoms with Gasteiger partial charge in [-0.2, -0.15) is 4.72 Å². The molecule has 3 N–H and O–H groups in total. The predicted octanol–water partition coefficient (Wildman–Crippen LogP) is -0.0270. The second-order valence-corrected chi connectivity index (χ2v) is 6.62. The Labute approximate surface area is 134 Å². The van der Waals surface area contributed by atoms with Crippen LogP contribution in [0.25, 0.3) is 0 Å². The number of nitrogens with one attached hydrogen (secondary N) is 1. The maximum absolute atomic E-state index is 12.2. The van der Waals surface area contributed by atoms with Crippen molar-refractivity contribution in [1.82, 2.24) is 4.72 Å². The number of rotatable bonds is 7. The Morgan fingerprint density at radius 3 is 2.09 bits per heavy atom. The third-order valence-electron chi connectivity index (χ3n) is 2.95. The number of sulfonamides is 1. The number of amides is 1. The van der Waals surface area contributed by atoms with E-state index in [0.717, 1.165) is 0 Å². The van der Waals surface area contributed by atoms with Crippen LogP contribution >= 0.6 is 0 Å². The van der Waals surface area contributed by atoms with Gasteiger partial charge in [0.1, 0.15) is 6.04 Å². The molecule has 1 amide bonds. The van der Waals surface area contributed by atoms with Crippen LogP contribution in [0.4, 0.5) is 0 Å². The largest absolute Gasteiger partial charge is 0.451 e. The van der Waals surface area contributed by atoms with Crippen molar-refractivity contribution in [2.75, 3.05) is 0 Å². The molecule has 9 heteroatoms. The lowest BCUT2D eigenvalue weighted by atomic mass is 10.2. The SMILES string of the molecule is CC(=O)c1ccc(S(=O)(=O)N[C@@H](C)C(=O)OC(C)C(N)=O)cc1. The third kappa shape index (κ3) is 5.15. The van der Waals surface area contributed by atoms with Gasteiger partial charge in [-0.3, -0.25) is 14.4 Å². The molecule has 1 unspecified atom stereocenters. The summed E-state index contributed by atoms with van der Waals surface area (Å²) in [5.74, 6) is -1.97. The normalized spacial score (nSPS) is 13.9. The zero-order chi connectivity index (χ0) is 17.8. The first-order valence-electron chi connectivity index (χ1n) is 6.67. The lowest BCUT2D eigenvalue weighted by Gasteiger charge is -2.16. The minimum Gasteiger partial charge on any atom is -0.451 e. The number of primary amides is 1. The molecule has 0 fully saturated rings. The number of hydrogen-bond acceptors (Lipinski definition) is 6. The summed E-state index contributed by atoms with van der Waals surface area (Å²) in [5.41, 5.74) is 5.33. The Kier molecular flexibility index (Phi) is 5.99. The van der Waals surface area contributed by atoms with E-state index in [1.807, 2.05) is 0 Å². The fraction of sp³-hybridized carbons (Fsp3) is 0.357. The molecule has 2 atom stereocenters. The fourth-order valence-electron chi connectivity index (χ4n) is 1.55. The lowest BCUT2D eigenvalue weighted by Crippen LogP contribution is -2.42. The molecule has 23 heavy (non-hydrogen) atoms. The van der Waals surface area contributed by atoms with Crippen LogP contribution in [0.15, 0.2) is 29.2 Å². The number of esters is 1. The van der Waals surface area contributed by atoms with Gasteiger partial charge >= 0.3 is 5.97 Å². The summed E-state index contributed by atoms with van der Waals surface area (Å²) in [6.45, 7) is 3.92. The van der Waals surface area contributed by atoms with Crippen LogP contribution in [0.2, 0.25) is 0 Å². The van der Waals surface area contributed by atoms with Gasteiger partial charge in [-0.05, 0) is 32.9 Å². The molecule has 1 aromatic carbocycles. The Balaban J connectivity index is 2.83. The molecule has 0 aliphatic rings. The third-order valence-corrected chi connectivity index (χ3v) is 4.51. The van der Waals surface area contributed by atoms with Gasteiger partial charge in [0.05, 0.1) is 4.90 Å². The van der Waals surface area contributed by atoms with Gasteiger partial charge in [0.15, 0.2) is 11.9 Å². The number of ketones is 1. The van der Waals surface area contributed by atoms with Crippen molar-refractivity contribution >= 4 is 27.7 Å². The van der Waals surface area contributed by atoms with E-state index in [2.05, 4.69) is 4.72 Å². The van der Waals surface area contributed by atoms with E-state index in [4.69, 9.17) is 10.5 Å². The van der Waals surface area contributed by atoms with E-state index >= 15 is 0 Å². The van der Waals surface area contributed by atoms with E-state index in [0.29, 0.717) is 5.56 Å². The average Bonchev–Trinajstić information content (AvgIpc) is 2.46. The van der Waals surface area contributed by atoms with Crippen molar-refractivity contribution in [3.05, 3.63) is 29.8 Å². The number of nitrogens with two attached hydrogens (primary N) is 1. The molecule has 0 saturated heterocycles. The highest BCUT2D eigenvalue weighted by Crippen LogP contribution is 2.12. The van der Waals surface area contributed by atoms with Gasteiger partial charge in [-0.15, -0.1) is 0 Å². The topological polar surface area (TPSA) is 133 Å². The molecule has 0 aliphatic carbocycles. The van der Waals surface area contributed by atoms with Crippen molar-refractivity contribution in [3.8, 4) is 0 Å². The summed E-state index contributed by atoms with van der Waals surface area (Å²) < 4.78 is 31.2. The number of carbonyl (C=O) groups is 3. The van der Waals surface area contributed by atoms with Crippen molar-refractivity contribution in [3.63, 3.8) is 0 Å². The van der Waals surface area contributed by atoms with Gasteiger partial charge in [-0.1, -0.05) is 12.1 Å². The molecule has 126 valence electrons. The molecular weight excluding hydrogens is 324 g/mol. The number of benzene rings is 1. The van der Waals surface area contributed by atoms with E-state index in [9.17, 15) is 22.8 Å². The van der Waals surface area contributed by atoms with Crippen LogP contribution in [-0.2, 0) is 24.3 Å². The van der Waals surface area contributed by atoms with Gasteiger partial charge in [-0.25, -0.2) is 8.42 Å². The van der Waals surface area contributed by atoms with E-state index in [1.54, 1.807) is 0 Å². The smallest absolute Gasteiger partial charge is 0.324 e. The van der Waals surface area contributed by atoms with Crippen LogP contribution in [0.1, 0.15) is 31.1 Å². The molecular formula is C14H18N2O6S. The average molecular weight is 342 g/mol. The first-order valence-corrected chi connectivity index (χ1v) is 8.16. The molecule has 0 spiro atoms. The van der Waals surface area contributed by atoms with Crippen LogP contribution in [0.3, 0.4) is 0 Å². The quantitative estimate of drug-likeness (QED) is 0.528. The minimum atomic E-state index is -3.98. The summed E-state index contributed by atoms with van der Waals surface area (Å²) in [6, 6.07) is 4.03. The molecule has 0 heterocycles. The second kappa shape index (κ2) is 7.34. The summed E-state index contributed by atoms with van der Waals surface area (Å²) in [5, 5.41) is 0. The highest BCUT2D eigenvalue weighted by atomic mass is 32.2. The molecule has 0 aliphatic heterocycles. The van der Waals surface area contributed by atoms with Crippen molar-refractivity contribution < 1.29 is 27.5 Å². The summed E-state index contributed by atoms with van der Waals surface area (Å²) >= 11 is 0. The minimum absolute atomic E-state index is 0.106. The van der Waals surface area contributed by atoms with E-state index < -0.39 is 34.0 Å². The molecule has 1 aromatic rings. The molecule has 8 nitrogen and oxygen atoms in total. The molecule has 0 aromatic heterocycles. The first kappa shape index (κ1) is 18.8. The van der Waals surface area contributed by atoms with Gasteiger partial charge < -0.3 is 10.5 Å². The van der Waals surface area contributed by atoms with E-state index in [1.165, 1.54) is 45.0 Å². The summed E-state index contributed by atoms with van der Waals surface area (Å²) in [4.78, 5) is 33.6. The highest BCUT2D eigenvalue weighted by Gasteiger charge is 2.25. The lowest BCUT2D eigenvalue weighted by molar-refractivity contribution is -0.155. The standard InChI is InChI=1S/C14H18N2O6S/c1-8(14(19)22-10(3)13(15)18)16-23(20,21)12-6-4-11(5-7-12)9(2)17/h4-8,10,16H,1-3H3,(H2,15,18)/t8-,10?/m0/s1. The Hall–Kier alpha value is -2.26. The fourth-order valence-corrected chi connectivity index (χ4v) is 2.74. The van der Waals surface area contributed by atoms with Gasteiger partial charge in [0.25, 0.3) is 5.91 Å². The first-order chi connectivity index (χ1) is 10.5. The molecule has 0 radical (unpaired) electrons. The van der Waals surface area contributed by atoms with Crippen molar-refractivity contribution in [2.24, 2.45) is 5.73 Å². The molecule has 0 saturated carbocycles. The second-order valence-electron chi connectivity index (χ2n) is 4.91. The van der Waals surface area contributed by atoms with Crippen LogP contribution in [0.5, 0.6) is 0 Å². The van der Waals surface area contributed by atoms with Crippen LogP contribution in [0, 0.1) is 0 Å². The Morgan fingerprint density at radius 2 is 1.65 bits per heavy atom. The van der Waals surface area contributed by atoms with Crippen LogP contribution in [-0.4, -0.2) is 38.2 Å². The molecule has 1 rings (SSSR count). The zero-order valence-electron chi connectivity index (χ0n) is 12.9. The van der Waals surface area contributed by atoms with Gasteiger partial charge in [0, 0.05) is 5.56 Å². The predicted molar refractivity (Wildman–Crippen MR) is 81.0 cm³/mol. The number of carbonyl (C=O) groups excluding carboxylic acids is 3. The highest BCUT2D eigenvalue weighted by molar-refractivity contribution is 7.89. The van der Waals surface area contributed by atoms with E-state index in [-0.39, 0.29) is 10.7 Å².